The third-order valence-electron chi connectivity index (χ3n) is 4.09. The normalized spacial score (nSPS) is 23.0. The summed E-state index contributed by atoms with van der Waals surface area (Å²) in [7, 11) is 0. The quantitative estimate of drug-likeness (QED) is 0.873. The van der Waals surface area contributed by atoms with Gasteiger partial charge in [0.1, 0.15) is 4.88 Å². The van der Waals surface area contributed by atoms with Gasteiger partial charge in [0.25, 0.3) is 5.91 Å². The molecule has 2 N–H and O–H groups in total. The molecule has 1 aliphatic carbocycles. The fourth-order valence-electron chi connectivity index (χ4n) is 2.83. The average Bonchev–Trinajstić information content (AvgIpc) is 2.94. The van der Waals surface area contributed by atoms with Crippen LogP contribution in [0.25, 0.3) is 0 Å². The van der Waals surface area contributed by atoms with Crippen molar-refractivity contribution in [3.63, 3.8) is 0 Å². The minimum atomic E-state index is -0.0778. The molecule has 112 valence electrons. The van der Waals surface area contributed by atoms with E-state index in [1.807, 2.05) is 13.8 Å². The van der Waals surface area contributed by atoms with Gasteiger partial charge in [0.05, 0.1) is 5.69 Å². The number of aromatic nitrogens is 2. The summed E-state index contributed by atoms with van der Waals surface area (Å²) in [5, 5.41) is 16.4. The Labute approximate surface area is 123 Å². The zero-order chi connectivity index (χ0) is 14.5. The van der Waals surface area contributed by atoms with Crippen LogP contribution in [0.1, 0.15) is 60.8 Å². The van der Waals surface area contributed by atoms with E-state index >= 15 is 0 Å². The van der Waals surface area contributed by atoms with Crippen molar-refractivity contribution in [3.8, 4) is 0 Å². The van der Waals surface area contributed by atoms with Gasteiger partial charge in [-0.25, -0.2) is 0 Å². The zero-order valence-electron chi connectivity index (χ0n) is 12.1. The second-order valence-corrected chi connectivity index (χ2v) is 6.59. The highest BCUT2D eigenvalue weighted by Crippen LogP contribution is 2.29. The highest BCUT2D eigenvalue weighted by molar-refractivity contribution is 7.08. The van der Waals surface area contributed by atoms with Crippen molar-refractivity contribution >= 4 is 17.4 Å². The van der Waals surface area contributed by atoms with Crippen LogP contribution >= 0.6 is 11.5 Å². The molecule has 2 unspecified atom stereocenters. The molecule has 1 aromatic heterocycles. The lowest BCUT2D eigenvalue weighted by Crippen LogP contribution is -2.35. The third kappa shape index (κ3) is 3.55. The number of carbonyl (C=O) groups is 1. The van der Waals surface area contributed by atoms with Crippen LogP contribution in [-0.2, 0) is 0 Å². The summed E-state index contributed by atoms with van der Waals surface area (Å²) in [6, 6.07) is 0. The van der Waals surface area contributed by atoms with Crippen LogP contribution in [0.2, 0.25) is 0 Å². The van der Waals surface area contributed by atoms with Crippen LogP contribution in [0.15, 0.2) is 0 Å². The van der Waals surface area contributed by atoms with Crippen molar-refractivity contribution in [1.82, 2.24) is 14.9 Å². The maximum atomic E-state index is 12.2. The van der Waals surface area contributed by atoms with E-state index in [0.29, 0.717) is 23.3 Å². The molecule has 1 saturated carbocycles. The summed E-state index contributed by atoms with van der Waals surface area (Å²) < 4.78 is 3.88. The summed E-state index contributed by atoms with van der Waals surface area (Å²) in [4.78, 5) is 12.8. The first kappa shape index (κ1) is 15.4. The molecule has 1 amide bonds. The van der Waals surface area contributed by atoms with Crippen LogP contribution in [-0.4, -0.2) is 33.8 Å². The summed E-state index contributed by atoms with van der Waals surface area (Å²) in [5.74, 6) is 0.842. The van der Waals surface area contributed by atoms with Crippen molar-refractivity contribution < 1.29 is 9.90 Å². The summed E-state index contributed by atoms with van der Waals surface area (Å²) in [5.41, 5.74) is 0.773. The molecule has 0 radical (unpaired) electrons. The van der Waals surface area contributed by atoms with E-state index in [-0.39, 0.29) is 18.4 Å². The van der Waals surface area contributed by atoms with Gasteiger partial charge in [-0.3, -0.25) is 4.79 Å². The number of amides is 1. The van der Waals surface area contributed by atoms with E-state index in [1.54, 1.807) is 0 Å². The van der Waals surface area contributed by atoms with E-state index in [4.69, 9.17) is 0 Å². The van der Waals surface area contributed by atoms with E-state index in [2.05, 4.69) is 14.9 Å². The second kappa shape index (κ2) is 7.13. The molecular weight excluding hydrogens is 274 g/mol. The average molecular weight is 297 g/mol. The van der Waals surface area contributed by atoms with E-state index in [0.717, 1.165) is 30.1 Å². The maximum Gasteiger partial charge on any atom is 0.264 e. The standard InChI is InChI=1S/C14H23N3O2S/c1-9(2)12-13(20-17-16-12)14(19)15-7-10-5-3-4-6-11(10)8-18/h9-11,18H,3-8H2,1-2H3,(H,15,19). The molecule has 1 fully saturated rings. The molecule has 0 aromatic carbocycles. The van der Waals surface area contributed by atoms with Gasteiger partial charge >= 0.3 is 0 Å². The molecule has 0 spiro atoms. The molecule has 5 nitrogen and oxygen atoms in total. The third-order valence-corrected chi connectivity index (χ3v) is 4.83. The maximum absolute atomic E-state index is 12.2. The SMILES string of the molecule is CC(C)c1nnsc1C(=O)NCC1CCCCC1CO. The number of rotatable bonds is 5. The molecule has 0 bridgehead atoms. The van der Waals surface area contributed by atoms with Crippen molar-refractivity contribution in [2.45, 2.75) is 45.4 Å². The molecule has 2 rings (SSSR count). The van der Waals surface area contributed by atoms with Gasteiger partial charge in [0, 0.05) is 13.2 Å². The fourth-order valence-corrected chi connectivity index (χ4v) is 3.57. The number of nitrogens with one attached hydrogen (secondary N) is 1. The summed E-state index contributed by atoms with van der Waals surface area (Å²) in [6.07, 6.45) is 4.53. The van der Waals surface area contributed by atoms with Gasteiger partial charge in [0.2, 0.25) is 0 Å². The molecule has 0 saturated heterocycles. The van der Waals surface area contributed by atoms with Gasteiger partial charge in [-0.1, -0.05) is 31.2 Å². The largest absolute Gasteiger partial charge is 0.396 e. The number of carbonyl (C=O) groups excluding carboxylic acids is 1. The van der Waals surface area contributed by atoms with Crippen molar-refractivity contribution in [3.05, 3.63) is 10.6 Å². The number of nitrogens with zero attached hydrogens (tertiary/aromatic N) is 2. The number of aliphatic hydroxyl groups is 1. The van der Waals surface area contributed by atoms with Gasteiger partial charge in [0.15, 0.2) is 0 Å². The Morgan fingerprint density at radius 3 is 2.75 bits per heavy atom. The van der Waals surface area contributed by atoms with Crippen molar-refractivity contribution in [1.29, 1.82) is 0 Å². The first-order valence-corrected chi connectivity index (χ1v) is 8.12. The predicted molar refractivity (Wildman–Crippen MR) is 78.9 cm³/mol. The minimum absolute atomic E-state index is 0.0778. The first-order chi connectivity index (χ1) is 9.63. The lowest BCUT2D eigenvalue weighted by atomic mass is 9.79. The van der Waals surface area contributed by atoms with Gasteiger partial charge < -0.3 is 10.4 Å². The monoisotopic (exact) mass is 297 g/mol. The Balaban J connectivity index is 1.93. The fraction of sp³-hybridized carbons (Fsp3) is 0.786. The van der Waals surface area contributed by atoms with Crippen LogP contribution in [0.5, 0.6) is 0 Å². The number of aliphatic hydroxyl groups excluding tert-OH is 1. The molecule has 1 aliphatic rings. The lowest BCUT2D eigenvalue weighted by molar-refractivity contribution is 0.0912. The Hall–Kier alpha value is -1.01. The van der Waals surface area contributed by atoms with Gasteiger partial charge in [-0.05, 0) is 42.1 Å². The highest BCUT2D eigenvalue weighted by Gasteiger charge is 2.26. The lowest BCUT2D eigenvalue weighted by Gasteiger charge is -2.30. The Kier molecular flexibility index (Phi) is 5.48. The second-order valence-electron chi connectivity index (χ2n) is 5.84. The van der Waals surface area contributed by atoms with Crippen molar-refractivity contribution in [2.75, 3.05) is 13.2 Å². The number of hydrogen-bond acceptors (Lipinski definition) is 5. The minimum Gasteiger partial charge on any atom is -0.396 e. The zero-order valence-corrected chi connectivity index (χ0v) is 12.9. The topological polar surface area (TPSA) is 75.1 Å². The van der Waals surface area contributed by atoms with Crippen LogP contribution in [0.4, 0.5) is 0 Å². The smallest absolute Gasteiger partial charge is 0.264 e. The Morgan fingerprint density at radius 2 is 2.10 bits per heavy atom. The molecule has 1 aromatic rings. The van der Waals surface area contributed by atoms with Gasteiger partial charge in [-0.15, -0.1) is 5.10 Å². The molecule has 0 aliphatic heterocycles. The molecule has 1 heterocycles. The summed E-state index contributed by atoms with van der Waals surface area (Å²) in [6.45, 7) is 4.88. The summed E-state index contributed by atoms with van der Waals surface area (Å²) >= 11 is 1.16. The highest BCUT2D eigenvalue weighted by atomic mass is 32.1. The van der Waals surface area contributed by atoms with Crippen molar-refractivity contribution in [2.24, 2.45) is 11.8 Å². The predicted octanol–water partition coefficient (Wildman–Crippen LogP) is 2.19. The van der Waals surface area contributed by atoms with E-state index in [9.17, 15) is 9.90 Å². The molecule has 2 atom stereocenters. The number of hydrogen-bond donors (Lipinski definition) is 2. The van der Waals surface area contributed by atoms with Crippen LogP contribution in [0, 0.1) is 11.8 Å². The van der Waals surface area contributed by atoms with Gasteiger partial charge in [-0.2, -0.15) is 0 Å². The molecular formula is C14H23N3O2S. The Bertz CT molecular complexity index is 447. The van der Waals surface area contributed by atoms with E-state index in [1.165, 1.54) is 12.8 Å². The first-order valence-electron chi connectivity index (χ1n) is 7.34. The van der Waals surface area contributed by atoms with Crippen LogP contribution < -0.4 is 5.32 Å². The van der Waals surface area contributed by atoms with Crippen LogP contribution in [0.3, 0.4) is 0 Å². The molecule has 6 heteroatoms. The molecule has 20 heavy (non-hydrogen) atoms. The Morgan fingerprint density at radius 1 is 1.40 bits per heavy atom. The van der Waals surface area contributed by atoms with E-state index < -0.39 is 0 Å².